The van der Waals surface area contributed by atoms with Crippen molar-refractivity contribution in [2.75, 3.05) is 20.3 Å². The summed E-state index contributed by atoms with van der Waals surface area (Å²) in [5, 5.41) is 3.42. The van der Waals surface area contributed by atoms with Gasteiger partial charge in [-0.3, -0.25) is 0 Å². The third kappa shape index (κ3) is 3.28. The van der Waals surface area contributed by atoms with E-state index in [1.165, 1.54) is 5.56 Å². The highest BCUT2D eigenvalue weighted by molar-refractivity contribution is 5.43. The Hall–Kier alpha value is -2.20. The first-order valence-corrected chi connectivity index (χ1v) is 7.08. The minimum Gasteiger partial charge on any atom is -0.496 e. The molecule has 0 unspecified atom stereocenters. The van der Waals surface area contributed by atoms with Gasteiger partial charge in [-0.1, -0.05) is 24.3 Å². The van der Waals surface area contributed by atoms with E-state index >= 15 is 0 Å². The lowest BCUT2D eigenvalue weighted by molar-refractivity contribution is 0.171. The highest BCUT2D eigenvalue weighted by Crippen LogP contribution is 2.30. The Morgan fingerprint density at radius 3 is 2.67 bits per heavy atom. The third-order valence-electron chi connectivity index (χ3n) is 3.44. The molecule has 110 valence electrons. The van der Waals surface area contributed by atoms with E-state index < -0.39 is 0 Å². The van der Waals surface area contributed by atoms with Gasteiger partial charge in [0.25, 0.3) is 0 Å². The van der Waals surface area contributed by atoms with Crippen LogP contribution in [0.3, 0.4) is 0 Å². The fourth-order valence-corrected chi connectivity index (χ4v) is 2.39. The van der Waals surface area contributed by atoms with Gasteiger partial charge in [-0.15, -0.1) is 0 Å². The van der Waals surface area contributed by atoms with Crippen LogP contribution < -0.4 is 19.5 Å². The van der Waals surface area contributed by atoms with Gasteiger partial charge in [-0.2, -0.15) is 0 Å². The van der Waals surface area contributed by atoms with Gasteiger partial charge in [0.1, 0.15) is 19.0 Å². The zero-order valence-corrected chi connectivity index (χ0v) is 12.1. The first kappa shape index (κ1) is 13.8. The van der Waals surface area contributed by atoms with Crippen molar-refractivity contribution in [3.63, 3.8) is 0 Å². The summed E-state index contributed by atoms with van der Waals surface area (Å²) in [5.41, 5.74) is 2.33. The predicted molar refractivity (Wildman–Crippen MR) is 81.0 cm³/mol. The van der Waals surface area contributed by atoms with E-state index in [-0.39, 0.29) is 0 Å². The largest absolute Gasteiger partial charge is 0.496 e. The lowest BCUT2D eigenvalue weighted by Crippen LogP contribution is -2.17. The van der Waals surface area contributed by atoms with Crippen LogP contribution in [-0.4, -0.2) is 20.3 Å². The number of benzene rings is 2. The topological polar surface area (TPSA) is 39.7 Å². The number of fused-ring (bicyclic) bond motifs is 1. The van der Waals surface area contributed by atoms with Gasteiger partial charge in [0, 0.05) is 18.7 Å². The standard InChI is InChI=1S/C17H19NO3/c1-19-15-5-3-2-4-14(15)12-18-11-13-6-7-16-17(10-13)21-9-8-20-16/h2-7,10,18H,8-9,11-12H2,1H3. The minimum absolute atomic E-state index is 0.616. The molecule has 0 saturated heterocycles. The number of hydrogen-bond acceptors (Lipinski definition) is 4. The molecule has 1 N–H and O–H groups in total. The first-order chi connectivity index (χ1) is 10.4. The second-order valence-corrected chi connectivity index (χ2v) is 4.89. The van der Waals surface area contributed by atoms with Crippen LogP contribution >= 0.6 is 0 Å². The van der Waals surface area contributed by atoms with Gasteiger partial charge in [0.05, 0.1) is 7.11 Å². The number of nitrogens with one attached hydrogen (secondary N) is 1. The molecule has 2 aromatic carbocycles. The van der Waals surface area contributed by atoms with Crippen molar-refractivity contribution < 1.29 is 14.2 Å². The van der Waals surface area contributed by atoms with Crippen LogP contribution in [0.5, 0.6) is 17.2 Å². The third-order valence-corrected chi connectivity index (χ3v) is 3.44. The number of ether oxygens (including phenoxy) is 3. The van der Waals surface area contributed by atoms with E-state index in [0.717, 1.165) is 35.9 Å². The van der Waals surface area contributed by atoms with Gasteiger partial charge in [0.15, 0.2) is 11.5 Å². The molecule has 4 heteroatoms. The average molecular weight is 285 g/mol. The molecule has 1 heterocycles. The van der Waals surface area contributed by atoms with Crippen LogP contribution in [0.15, 0.2) is 42.5 Å². The maximum atomic E-state index is 5.59. The van der Waals surface area contributed by atoms with E-state index in [1.807, 2.05) is 30.3 Å². The molecule has 0 fully saturated rings. The monoisotopic (exact) mass is 285 g/mol. The maximum absolute atomic E-state index is 5.59. The highest BCUT2D eigenvalue weighted by atomic mass is 16.6. The zero-order chi connectivity index (χ0) is 14.5. The molecule has 0 saturated carbocycles. The minimum atomic E-state index is 0.616. The van der Waals surface area contributed by atoms with Gasteiger partial charge >= 0.3 is 0 Å². The van der Waals surface area contributed by atoms with E-state index in [4.69, 9.17) is 14.2 Å². The molecule has 21 heavy (non-hydrogen) atoms. The Morgan fingerprint density at radius 1 is 1.00 bits per heavy atom. The van der Waals surface area contributed by atoms with Gasteiger partial charge < -0.3 is 19.5 Å². The fraction of sp³-hybridized carbons (Fsp3) is 0.294. The van der Waals surface area contributed by atoms with Crippen molar-refractivity contribution in [1.29, 1.82) is 0 Å². The lowest BCUT2D eigenvalue weighted by atomic mass is 10.1. The van der Waals surface area contributed by atoms with Crippen molar-refractivity contribution in [1.82, 2.24) is 5.32 Å². The van der Waals surface area contributed by atoms with Crippen LogP contribution in [-0.2, 0) is 13.1 Å². The van der Waals surface area contributed by atoms with Crippen molar-refractivity contribution in [2.24, 2.45) is 0 Å². The second kappa shape index (κ2) is 6.50. The molecule has 0 bridgehead atoms. The molecular weight excluding hydrogens is 266 g/mol. The summed E-state index contributed by atoms with van der Waals surface area (Å²) in [5.74, 6) is 2.57. The molecule has 4 nitrogen and oxygen atoms in total. The fourth-order valence-electron chi connectivity index (χ4n) is 2.39. The highest BCUT2D eigenvalue weighted by Gasteiger charge is 2.11. The average Bonchev–Trinajstić information content (AvgIpc) is 2.55. The Labute approximate surface area is 124 Å². The molecule has 0 aromatic heterocycles. The molecule has 0 amide bonds. The molecule has 1 aliphatic rings. The SMILES string of the molecule is COc1ccccc1CNCc1ccc2c(c1)OCCO2. The Kier molecular flexibility index (Phi) is 4.26. The van der Waals surface area contributed by atoms with Crippen LogP contribution in [0.2, 0.25) is 0 Å². The summed E-state index contributed by atoms with van der Waals surface area (Å²) < 4.78 is 16.5. The quantitative estimate of drug-likeness (QED) is 0.917. The van der Waals surface area contributed by atoms with E-state index in [2.05, 4.69) is 17.4 Å². The van der Waals surface area contributed by atoms with Crippen molar-refractivity contribution in [3.05, 3.63) is 53.6 Å². The van der Waals surface area contributed by atoms with Crippen LogP contribution in [0.25, 0.3) is 0 Å². The summed E-state index contributed by atoms with van der Waals surface area (Å²) in [6.07, 6.45) is 0. The summed E-state index contributed by atoms with van der Waals surface area (Å²) in [7, 11) is 1.69. The smallest absolute Gasteiger partial charge is 0.161 e. The second-order valence-electron chi connectivity index (χ2n) is 4.89. The maximum Gasteiger partial charge on any atom is 0.161 e. The van der Waals surface area contributed by atoms with E-state index in [0.29, 0.717) is 13.2 Å². The summed E-state index contributed by atoms with van der Waals surface area (Å²) in [6.45, 7) is 2.77. The Balaban J connectivity index is 1.60. The normalized spacial score (nSPS) is 13.0. The molecule has 0 atom stereocenters. The van der Waals surface area contributed by atoms with E-state index in [1.54, 1.807) is 7.11 Å². The predicted octanol–water partition coefficient (Wildman–Crippen LogP) is 2.76. The van der Waals surface area contributed by atoms with Gasteiger partial charge in [0.2, 0.25) is 0 Å². The summed E-state index contributed by atoms with van der Waals surface area (Å²) >= 11 is 0. The van der Waals surface area contributed by atoms with Gasteiger partial charge in [-0.05, 0) is 23.8 Å². The molecule has 3 rings (SSSR count). The Morgan fingerprint density at radius 2 is 1.81 bits per heavy atom. The summed E-state index contributed by atoms with van der Waals surface area (Å²) in [6, 6.07) is 14.1. The lowest BCUT2D eigenvalue weighted by Gasteiger charge is -2.19. The number of para-hydroxylation sites is 1. The molecule has 0 radical (unpaired) electrons. The van der Waals surface area contributed by atoms with E-state index in [9.17, 15) is 0 Å². The Bertz CT molecular complexity index is 613. The van der Waals surface area contributed by atoms with Crippen molar-refractivity contribution in [3.8, 4) is 17.2 Å². The molecule has 0 aliphatic carbocycles. The number of rotatable bonds is 5. The summed E-state index contributed by atoms with van der Waals surface area (Å²) in [4.78, 5) is 0. The molecule has 0 spiro atoms. The zero-order valence-electron chi connectivity index (χ0n) is 12.1. The van der Waals surface area contributed by atoms with Gasteiger partial charge in [-0.25, -0.2) is 0 Å². The van der Waals surface area contributed by atoms with Crippen molar-refractivity contribution in [2.45, 2.75) is 13.1 Å². The first-order valence-electron chi connectivity index (χ1n) is 7.08. The van der Waals surface area contributed by atoms with Crippen LogP contribution in [0, 0.1) is 0 Å². The van der Waals surface area contributed by atoms with Crippen LogP contribution in [0.4, 0.5) is 0 Å². The number of hydrogen-bond donors (Lipinski definition) is 1. The molecule has 2 aromatic rings. The molecule has 1 aliphatic heterocycles. The number of methoxy groups -OCH3 is 1. The molecular formula is C17H19NO3. The van der Waals surface area contributed by atoms with Crippen molar-refractivity contribution >= 4 is 0 Å². The van der Waals surface area contributed by atoms with Crippen LogP contribution in [0.1, 0.15) is 11.1 Å².